The van der Waals surface area contributed by atoms with Crippen LogP contribution in [0.5, 0.6) is 5.75 Å². The van der Waals surface area contributed by atoms with Gasteiger partial charge in [0.1, 0.15) is 11.4 Å². The summed E-state index contributed by atoms with van der Waals surface area (Å²) in [6.45, 7) is 8.06. The quantitative estimate of drug-likeness (QED) is 0.378. The van der Waals surface area contributed by atoms with E-state index in [0.29, 0.717) is 30.8 Å². The topological polar surface area (TPSA) is 89.3 Å². The molecule has 0 saturated heterocycles. The molecule has 0 atom stereocenters. The third-order valence-electron chi connectivity index (χ3n) is 5.21. The molecule has 0 aromatic carbocycles. The van der Waals surface area contributed by atoms with E-state index in [9.17, 15) is 18.0 Å². The lowest BCUT2D eigenvalue weighted by molar-refractivity contribution is -0.141. The summed E-state index contributed by atoms with van der Waals surface area (Å²) in [5.41, 5.74) is 10.7. The van der Waals surface area contributed by atoms with E-state index in [-0.39, 0.29) is 5.75 Å². The first-order valence-corrected chi connectivity index (χ1v) is 12.2. The van der Waals surface area contributed by atoms with Gasteiger partial charge >= 0.3 is 6.18 Å². The molecule has 4 N–H and O–H groups in total. The Morgan fingerprint density at radius 3 is 2.68 bits per heavy atom. The number of alkyl halides is 3. The Morgan fingerprint density at radius 1 is 1.24 bits per heavy atom. The van der Waals surface area contributed by atoms with E-state index >= 15 is 0 Å². The summed E-state index contributed by atoms with van der Waals surface area (Å²) < 4.78 is 42.9. The molecule has 0 bridgehead atoms. The summed E-state index contributed by atoms with van der Waals surface area (Å²) in [7, 11) is 0. The van der Waals surface area contributed by atoms with Crippen LogP contribution in [0.1, 0.15) is 44.2 Å². The highest BCUT2D eigenvalue weighted by molar-refractivity contribution is 6.25. The molecular formula is C27H32ClF3N4O2. The minimum absolute atomic E-state index is 0.0509. The van der Waals surface area contributed by atoms with Crippen LogP contribution < -0.4 is 21.1 Å². The van der Waals surface area contributed by atoms with Crippen LogP contribution in [0.3, 0.4) is 0 Å². The van der Waals surface area contributed by atoms with Gasteiger partial charge in [0.2, 0.25) is 0 Å². The van der Waals surface area contributed by atoms with Gasteiger partial charge in [-0.2, -0.15) is 13.2 Å². The molecule has 1 aliphatic rings. The summed E-state index contributed by atoms with van der Waals surface area (Å²) in [6.07, 6.45) is 8.87. The van der Waals surface area contributed by atoms with Crippen LogP contribution >= 0.6 is 11.6 Å². The van der Waals surface area contributed by atoms with Gasteiger partial charge in [-0.3, -0.25) is 4.79 Å². The summed E-state index contributed by atoms with van der Waals surface area (Å²) in [6, 6.07) is 1.90. The number of nitrogens with one attached hydrogen (secondary N) is 2. The van der Waals surface area contributed by atoms with Gasteiger partial charge in [0.05, 0.1) is 6.20 Å². The molecular weight excluding hydrogens is 505 g/mol. The minimum Gasteiger partial charge on any atom is -0.482 e. The van der Waals surface area contributed by atoms with Crippen LogP contribution in [0, 0.1) is 0 Å². The number of pyridine rings is 1. The average molecular weight is 537 g/mol. The number of nitrogens with zero attached hydrogens (tertiary/aromatic N) is 1. The standard InChI is InChI=1S/C27H32ClF3N4O2/c1-19-6-3-4-7-21(16-28)8-5-9-22(32)15-23(14-19)33-13-12-20(2)35-26(36)18-37-24-10-11-25(34-17-24)27(29,30)31/h5,8,10-11,14-17,33H,1-4,6-7,9,12-13,18,32H2,(H,35,36)/b8-5+,21-16+,22-15-,23-14-. The molecule has 1 aromatic heterocycles. The number of nitrogens with two attached hydrogens (primary N) is 1. The largest absolute Gasteiger partial charge is 0.482 e. The summed E-state index contributed by atoms with van der Waals surface area (Å²) in [5.74, 6) is -0.434. The van der Waals surface area contributed by atoms with E-state index in [4.69, 9.17) is 22.1 Å². The number of allylic oxidation sites excluding steroid dienone is 6. The number of amides is 1. The van der Waals surface area contributed by atoms with Crippen LogP contribution in [0.15, 0.2) is 89.6 Å². The monoisotopic (exact) mass is 536 g/mol. The zero-order valence-electron chi connectivity index (χ0n) is 20.5. The molecule has 0 unspecified atom stereocenters. The molecule has 0 fully saturated rings. The Kier molecular flexibility index (Phi) is 12.0. The molecule has 1 aliphatic carbocycles. The zero-order chi connectivity index (χ0) is 27.3. The van der Waals surface area contributed by atoms with Crippen LogP contribution in [0.2, 0.25) is 0 Å². The van der Waals surface area contributed by atoms with Gasteiger partial charge in [-0.25, -0.2) is 4.98 Å². The fourth-order valence-electron chi connectivity index (χ4n) is 3.33. The van der Waals surface area contributed by atoms with Crippen LogP contribution in [-0.4, -0.2) is 24.0 Å². The fraction of sp³-hybridized carbons (Fsp3) is 0.333. The van der Waals surface area contributed by atoms with Crippen molar-refractivity contribution in [3.8, 4) is 5.75 Å². The fourth-order valence-corrected chi connectivity index (χ4v) is 3.51. The zero-order valence-corrected chi connectivity index (χ0v) is 21.3. The minimum atomic E-state index is -4.54. The smallest absolute Gasteiger partial charge is 0.433 e. The molecule has 0 radical (unpaired) electrons. The van der Waals surface area contributed by atoms with Crippen LogP contribution in [-0.2, 0) is 11.0 Å². The van der Waals surface area contributed by atoms with Crippen molar-refractivity contribution in [1.29, 1.82) is 0 Å². The lowest BCUT2D eigenvalue weighted by atomic mass is 10.0. The van der Waals surface area contributed by atoms with Gasteiger partial charge in [0.15, 0.2) is 6.61 Å². The second kappa shape index (κ2) is 14.9. The Bertz CT molecular complexity index is 1070. The van der Waals surface area contributed by atoms with Gasteiger partial charge in [0, 0.05) is 42.0 Å². The van der Waals surface area contributed by atoms with Crippen molar-refractivity contribution in [2.45, 2.75) is 44.7 Å². The highest BCUT2D eigenvalue weighted by atomic mass is 35.5. The van der Waals surface area contributed by atoms with Gasteiger partial charge in [-0.15, -0.1) is 0 Å². The number of hydrogen-bond donors (Lipinski definition) is 3. The number of ether oxygens (including phenoxy) is 1. The van der Waals surface area contributed by atoms with Crippen molar-refractivity contribution in [2.75, 3.05) is 13.2 Å². The molecule has 0 aliphatic heterocycles. The molecule has 1 aromatic rings. The van der Waals surface area contributed by atoms with Gasteiger partial charge < -0.3 is 21.1 Å². The third-order valence-corrected chi connectivity index (χ3v) is 5.49. The maximum absolute atomic E-state index is 12.6. The highest BCUT2D eigenvalue weighted by Gasteiger charge is 2.32. The number of aromatic nitrogens is 1. The van der Waals surface area contributed by atoms with Crippen molar-refractivity contribution in [1.82, 2.24) is 15.6 Å². The first-order valence-electron chi connectivity index (χ1n) is 11.8. The first-order chi connectivity index (χ1) is 17.6. The molecule has 10 heteroatoms. The van der Waals surface area contributed by atoms with E-state index in [2.05, 4.69) is 28.8 Å². The maximum Gasteiger partial charge on any atom is 0.433 e. The summed E-state index contributed by atoms with van der Waals surface area (Å²) >= 11 is 5.90. The summed E-state index contributed by atoms with van der Waals surface area (Å²) in [5, 5.41) is 5.91. The van der Waals surface area contributed by atoms with Gasteiger partial charge in [-0.05, 0) is 55.5 Å². The third kappa shape index (κ3) is 11.9. The van der Waals surface area contributed by atoms with Crippen molar-refractivity contribution >= 4 is 17.5 Å². The second-order valence-electron chi connectivity index (χ2n) is 8.47. The SMILES string of the molecule is C=C1/C=C(NCCC(=C)NC(=O)COc2ccc(C(F)(F)F)nc2)/C=C(\N)C/C=C/C(=C/Cl)CCCC1. The second-order valence-corrected chi connectivity index (χ2v) is 8.69. The Labute approximate surface area is 220 Å². The van der Waals surface area contributed by atoms with E-state index in [1.54, 1.807) is 5.54 Å². The molecule has 2 rings (SSSR count). The number of hydrogen-bond acceptors (Lipinski definition) is 5. The van der Waals surface area contributed by atoms with Crippen LogP contribution in [0.4, 0.5) is 13.2 Å². The Morgan fingerprint density at radius 2 is 2.00 bits per heavy atom. The van der Waals surface area contributed by atoms with Crippen molar-refractivity contribution in [3.05, 3.63) is 95.3 Å². The van der Waals surface area contributed by atoms with E-state index in [1.807, 2.05) is 24.3 Å². The molecule has 37 heavy (non-hydrogen) atoms. The lowest BCUT2D eigenvalue weighted by Gasteiger charge is -2.13. The average Bonchev–Trinajstić information content (AvgIpc) is 2.84. The predicted octanol–water partition coefficient (Wildman–Crippen LogP) is 6.01. The van der Waals surface area contributed by atoms with Crippen molar-refractivity contribution < 1.29 is 22.7 Å². The highest BCUT2D eigenvalue weighted by Crippen LogP contribution is 2.28. The predicted molar refractivity (Wildman–Crippen MR) is 140 cm³/mol. The summed E-state index contributed by atoms with van der Waals surface area (Å²) in [4.78, 5) is 15.4. The molecule has 1 amide bonds. The van der Waals surface area contributed by atoms with Gasteiger partial charge in [-0.1, -0.05) is 42.5 Å². The van der Waals surface area contributed by atoms with E-state index in [0.717, 1.165) is 60.9 Å². The Balaban J connectivity index is 1.84. The maximum atomic E-state index is 12.6. The normalized spacial score (nSPS) is 20.2. The van der Waals surface area contributed by atoms with Gasteiger partial charge in [0.25, 0.3) is 5.91 Å². The number of carbonyl (C=O) groups excluding carboxylic acids is 1. The Hall–Kier alpha value is -3.46. The molecule has 0 saturated carbocycles. The van der Waals surface area contributed by atoms with Crippen LogP contribution in [0.25, 0.3) is 0 Å². The molecule has 0 spiro atoms. The molecule has 1 heterocycles. The first kappa shape index (κ1) is 29.8. The number of carbonyl (C=O) groups is 1. The lowest BCUT2D eigenvalue weighted by Crippen LogP contribution is -2.29. The van der Waals surface area contributed by atoms with Crippen molar-refractivity contribution in [2.24, 2.45) is 5.73 Å². The number of halogens is 4. The molecule has 200 valence electrons. The number of rotatable bonds is 8. The van der Waals surface area contributed by atoms with E-state index in [1.165, 1.54) is 0 Å². The van der Waals surface area contributed by atoms with Crippen molar-refractivity contribution in [3.63, 3.8) is 0 Å². The molecule has 6 nitrogen and oxygen atoms in total. The van der Waals surface area contributed by atoms with E-state index < -0.39 is 24.4 Å².